The normalized spacial score (nSPS) is 11.6. The fraction of sp³-hybridized carbons (Fsp3) is 0.188. The number of carbonyl (C=O) groups is 1. The van der Waals surface area contributed by atoms with E-state index in [0.717, 1.165) is 5.69 Å². The largest absolute Gasteiger partial charge is 0.387 e. The smallest absolute Gasteiger partial charge is 0.270 e. The Bertz CT molecular complexity index is 767. The van der Waals surface area contributed by atoms with Crippen LogP contribution < -0.4 is 10.6 Å². The number of nitro groups is 1. The third kappa shape index (κ3) is 4.43. The van der Waals surface area contributed by atoms with Crippen LogP contribution in [0, 0.1) is 10.1 Å². The summed E-state index contributed by atoms with van der Waals surface area (Å²) in [7, 11) is 0. The maximum atomic E-state index is 11.2. The third-order valence-corrected chi connectivity index (χ3v) is 3.66. The Balaban J connectivity index is 2.15. The van der Waals surface area contributed by atoms with Crippen LogP contribution in [0.5, 0.6) is 0 Å². The summed E-state index contributed by atoms with van der Waals surface area (Å²) in [5, 5.41) is 25.6. The van der Waals surface area contributed by atoms with Crippen molar-refractivity contribution in [2.75, 3.05) is 17.2 Å². The molecule has 0 aliphatic rings. The molecule has 2 aromatic carbocycles. The Kier molecular flexibility index (Phi) is 5.73. The number of nitro benzene ring substituents is 1. The highest BCUT2D eigenvalue weighted by Gasteiger charge is 2.14. The zero-order valence-corrected chi connectivity index (χ0v) is 13.6. The van der Waals surface area contributed by atoms with Gasteiger partial charge in [0.2, 0.25) is 5.91 Å². The van der Waals surface area contributed by atoms with Crippen LogP contribution in [0.1, 0.15) is 18.5 Å². The molecule has 0 saturated heterocycles. The monoisotopic (exact) mass is 349 g/mol. The minimum Gasteiger partial charge on any atom is -0.387 e. The maximum Gasteiger partial charge on any atom is 0.270 e. The summed E-state index contributed by atoms with van der Waals surface area (Å²) in [4.78, 5) is 21.5. The van der Waals surface area contributed by atoms with Gasteiger partial charge in [-0.25, -0.2) is 0 Å². The molecule has 3 N–H and O–H groups in total. The number of carbonyl (C=O) groups excluding carboxylic acids is 1. The number of rotatable bonds is 6. The molecule has 1 amide bonds. The first-order chi connectivity index (χ1) is 11.4. The van der Waals surface area contributed by atoms with Crippen molar-refractivity contribution in [1.29, 1.82) is 0 Å². The Morgan fingerprint density at radius 3 is 2.62 bits per heavy atom. The number of non-ortho nitro benzene ring substituents is 1. The first-order valence-electron chi connectivity index (χ1n) is 7.12. The molecule has 0 aliphatic carbocycles. The maximum absolute atomic E-state index is 11.2. The van der Waals surface area contributed by atoms with E-state index in [0.29, 0.717) is 16.3 Å². The van der Waals surface area contributed by atoms with Crippen LogP contribution in [0.25, 0.3) is 0 Å². The quantitative estimate of drug-likeness (QED) is 0.548. The van der Waals surface area contributed by atoms with Gasteiger partial charge in [-0.1, -0.05) is 17.7 Å². The zero-order valence-electron chi connectivity index (χ0n) is 12.8. The van der Waals surface area contributed by atoms with Crippen molar-refractivity contribution in [2.45, 2.75) is 13.0 Å². The minimum atomic E-state index is -0.591. The second kappa shape index (κ2) is 7.76. The van der Waals surface area contributed by atoms with Crippen molar-refractivity contribution < 1.29 is 14.8 Å². The molecule has 8 heteroatoms. The Morgan fingerprint density at radius 2 is 2.00 bits per heavy atom. The average molecular weight is 350 g/mol. The zero-order chi connectivity index (χ0) is 17.7. The Hall–Kier alpha value is -2.64. The van der Waals surface area contributed by atoms with Crippen molar-refractivity contribution in [3.05, 3.63) is 63.2 Å². The van der Waals surface area contributed by atoms with E-state index in [-0.39, 0.29) is 11.7 Å². The number of benzene rings is 2. The summed E-state index contributed by atoms with van der Waals surface area (Å²) in [6.45, 7) is 1.28. The second-order valence-corrected chi connectivity index (χ2v) is 5.52. The molecule has 0 bridgehead atoms. The first-order valence-corrected chi connectivity index (χ1v) is 7.49. The predicted octanol–water partition coefficient (Wildman–Crippen LogP) is 3.35. The van der Waals surface area contributed by atoms with Crippen LogP contribution in [-0.4, -0.2) is 22.5 Å². The number of aliphatic hydroxyl groups is 1. The number of halogens is 1. The van der Waals surface area contributed by atoms with Gasteiger partial charge in [-0.05, 0) is 36.8 Å². The molecular weight excluding hydrogens is 334 g/mol. The van der Waals surface area contributed by atoms with Crippen LogP contribution in [0.4, 0.5) is 17.1 Å². The summed E-state index contributed by atoms with van der Waals surface area (Å²) in [6.07, 6.45) is 0. The van der Waals surface area contributed by atoms with E-state index < -0.39 is 17.4 Å². The fourth-order valence-electron chi connectivity index (χ4n) is 2.20. The van der Waals surface area contributed by atoms with Crippen molar-refractivity contribution in [3.63, 3.8) is 0 Å². The number of nitrogens with zero attached hydrogens (tertiary/aromatic N) is 1. The topological polar surface area (TPSA) is 104 Å². The minimum absolute atomic E-state index is 0.0651. The number of hydrogen-bond acceptors (Lipinski definition) is 5. The van der Waals surface area contributed by atoms with Crippen molar-refractivity contribution in [1.82, 2.24) is 0 Å². The van der Waals surface area contributed by atoms with Crippen LogP contribution in [-0.2, 0) is 4.79 Å². The molecule has 0 aromatic heterocycles. The number of aliphatic hydroxyl groups excluding tert-OH is 1. The lowest BCUT2D eigenvalue weighted by atomic mass is 10.1. The van der Waals surface area contributed by atoms with Gasteiger partial charge in [0, 0.05) is 29.5 Å². The van der Waals surface area contributed by atoms with Crippen molar-refractivity contribution >= 4 is 34.6 Å². The van der Waals surface area contributed by atoms with E-state index in [2.05, 4.69) is 10.6 Å². The Morgan fingerprint density at radius 1 is 1.29 bits per heavy atom. The highest BCUT2D eigenvalue weighted by atomic mass is 35.5. The molecule has 2 rings (SSSR count). The summed E-state index contributed by atoms with van der Waals surface area (Å²) in [5.41, 5.74) is 1.92. The molecule has 0 spiro atoms. The molecule has 24 heavy (non-hydrogen) atoms. The molecule has 0 aliphatic heterocycles. The molecule has 1 atom stereocenters. The molecule has 7 nitrogen and oxygen atoms in total. The van der Waals surface area contributed by atoms with Gasteiger partial charge >= 0.3 is 0 Å². The van der Waals surface area contributed by atoms with E-state index in [4.69, 9.17) is 16.7 Å². The van der Waals surface area contributed by atoms with Crippen LogP contribution in [0.2, 0.25) is 5.02 Å². The van der Waals surface area contributed by atoms with Gasteiger partial charge in [0.15, 0.2) is 0 Å². The number of nitrogens with one attached hydrogen (secondary N) is 2. The van der Waals surface area contributed by atoms with E-state index in [9.17, 15) is 14.9 Å². The SMILES string of the molecule is C[C@H](Nc1cccc(NC(=O)CO)c1)c1ccc([N+](=O)[O-])cc1Cl. The second-order valence-electron chi connectivity index (χ2n) is 5.12. The number of hydrogen-bond donors (Lipinski definition) is 3. The standard InChI is InChI=1S/C16H16ClN3O4/c1-10(14-6-5-13(20(23)24)8-15(14)17)18-11-3-2-4-12(7-11)19-16(22)9-21/h2-8,10,18,21H,9H2,1H3,(H,19,22)/t10-/m0/s1. The van der Waals surface area contributed by atoms with Gasteiger partial charge in [0.05, 0.1) is 9.95 Å². The molecule has 0 heterocycles. The van der Waals surface area contributed by atoms with Crippen LogP contribution in [0.15, 0.2) is 42.5 Å². The van der Waals surface area contributed by atoms with E-state index in [1.54, 1.807) is 24.3 Å². The molecule has 0 fully saturated rings. The van der Waals surface area contributed by atoms with Crippen LogP contribution in [0.3, 0.4) is 0 Å². The predicted molar refractivity (Wildman–Crippen MR) is 92.3 cm³/mol. The molecule has 0 unspecified atom stereocenters. The van der Waals surface area contributed by atoms with Gasteiger partial charge < -0.3 is 15.7 Å². The lowest BCUT2D eigenvalue weighted by Gasteiger charge is -2.17. The summed E-state index contributed by atoms with van der Waals surface area (Å²) in [6, 6.07) is 11.1. The lowest BCUT2D eigenvalue weighted by Crippen LogP contribution is -2.15. The fourth-order valence-corrected chi connectivity index (χ4v) is 2.53. The number of amides is 1. The molecule has 0 saturated carbocycles. The molecule has 2 aromatic rings. The molecule has 126 valence electrons. The highest BCUT2D eigenvalue weighted by Crippen LogP contribution is 2.29. The van der Waals surface area contributed by atoms with E-state index in [1.807, 2.05) is 13.0 Å². The average Bonchev–Trinajstić information content (AvgIpc) is 2.54. The van der Waals surface area contributed by atoms with Gasteiger partial charge in [0.25, 0.3) is 5.69 Å². The lowest BCUT2D eigenvalue weighted by molar-refractivity contribution is -0.384. The van der Waals surface area contributed by atoms with Crippen molar-refractivity contribution in [3.8, 4) is 0 Å². The molecular formula is C16H16ClN3O4. The van der Waals surface area contributed by atoms with Crippen molar-refractivity contribution in [2.24, 2.45) is 0 Å². The summed E-state index contributed by atoms with van der Waals surface area (Å²) in [5.74, 6) is -0.501. The van der Waals surface area contributed by atoms with E-state index >= 15 is 0 Å². The van der Waals surface area contributed by atoms with Gasteiger partial charge in [0.1, 0.15) is 6.61 Å². The van der Waals surface area contributed by atoms with Gasteiger partial charge in [-0.3, -0.25) is 14.9 Å². The molecule has 0 radical (unpaired) electrons. The first kappa shape index (κ1) is 17.7. The van der Waals surface area contributed by atoms with Gasteiger partial charge in [-0.15, -0.1) is 0 Å². The number of anilines is 2. The summed E-state index contributed by atoms with van der Waals surface area (Å²) < 4.78 is 0. The summed E-state index contributed by atoms with van der Waals surface area (Å²) >= 11 is 6.12. The third-order valence-electron chi connectivity index (χ3n) is 3.33. The Labute approximate surface area is 143 Å². The van der Waals surface area contributed by atoms with Gasteiger partial charge in [-0.2, -0.15) is 0 Å². The van der Waals surface area contributed by atoms with Crippen LogP contribution >= 0.6 is 11.6 Å². The van der Waals surface area contributed by atoms with E-state index in [1.165, 1.54) is 12.1 Å². The highest BCUT2D eigenvalue weighted by molar-refractivity contribution is 6.31.